The molecule has 17 nitrogen and oxygen atoms in total. The Morgan fingerprint density at radius 2 is 1.15 bits per heavy atom. The van der Waals surface area contributed by atoms with Crippen molar-refractivity contribution >= 4 is 23.8 Å². The van der Waals surface area contributed by atoms with E-state index >= 15 is 0 Å². The van der Waals surface area contributed by atoms with Crippen LogP contribution in [0.5, 0.6) is 0 Å². The van der Waals surface area contributed by atoms with E-state index in [4.69, 9.17) is 14.3 Å². The maximum Gasteiger partial charge on any atom is 0.319 e. The molecule has 2 atom stereocenters. The summed E-state index contributed by atoms with van der Waals surface area (Å²) in [7, 11) is 2.64. The molecule has 298 valence electrons. The Morgan fingerprint density at radius 1 is 0.717 bits per heavy atom. The number of rotatable bonds is 22. The first-order chi connectivity index (χ1) is 25.7. The number of nitrogens with one attached hydrogen (secondary N) is 3. The van der Waals surface area contributed by atoms with Crippen LogP contribution in [0, 0.1) is 11.8 Å². The van der Waals surface area contributed by atoms with Gasteiger partial charge in [0.1, 0.15) is 0 Å². The van der Waals surface area contributed by atoms with Gasteiger partial charge in [-0.2, -0.15) is 9.97 Å². The zero-order valence-electron chi connectivity index (χ0n) is 31.3. The molecule has 0 radical (unpaired) electrons. The smallest absolute Gasteiger partial charge is 0.319 e. The van der Waals surface area contributed by atoms with Gasteiger partial charge in [-0.05, 0) is 24.7 Å². The summed E-state index contributed by atoms with van der Waals surface area (Å²) in [6, 6.07) is 0. The lowest BCUT2D eigenvalue weighted by Crippen LogP contribution is -2.24. The predicted octanol–water partition coefficient (Wildman–Crippen LogP) is 4.70. The Hall–Kier alpha value is -3.96. The van der Waals surface area contributed by atoms with Crippen molar-refractivity contribution in [2.75, 3.05) is 27.3 Å². The van der Waals surface area contributed by atoms with E-state index < -0.39 is 11.9 Å². The van der Waals surface area contributed by atoms with Gasteiger partial charge in [0.2, 0.25) is 17.7 Å². The number of esters is 2. The van der Waals surface area contributed by atoms with Crippen molar-refractivity contribution in [2.24, 2.45) is 11.8 Å². The lowest BCUT2D eigenvalue weighted by Gasteiger charge is -2.22. The molecule has 2 aliphatic rings. The molecule has 2 saturated carbocycles. The van der Waals surface area contributed by atoms with Crippen LogP contribution in [0.15, 0.2) is 9.05 Å². The number of aromatic nitrogens is 4. The number of carboxylic acids is 1. The minimum atomic E-state index is -0.865. The Bertz CT molecular complexity index is 1360. The minimum absolute atomic E-state index is 0.0120. The third-order valence-corrected chi connectivity index (χ3v) is 9.98. The summed E-state index contributed by atoms with van der Waals surface area (Å²) in [6.45, 7) is 0.637. The van der Waals surface area contributed by atoms with Crippen LogP contribution in [0.2, 0.25) is 0 Å². The number of hydrogen-bond donors (Lipinski definition) is 5. The second kappa shape index (κ2) is 25.1. The average Bonchev–Trinajstić information content (AvgIpc) is 3.85. The van der Waals surface area contributed by atoms with E-state index in [1.54, 1.807) is 5.48 Å². The molecule has 0 aromatic carbocycles. The molecule has 4 rings (SSSR count). The molecule has 2 aromatic rings. The van der Waals surface area contributed by atoms with Gasteiger partial charge in [-0.15, -0.1) is 0 Å². The molecule has 0 spiro atoms. The number of carbonyl (C=O) groups excluding carboxylic acids is 3. The fourth-order valence-corrected chi connectivity index (χ4v) is 7.07. The molecule has 0 saturated heterocycles. The molecular weight excluding hydrogens is 690 g/mol. The Morgan fingerprint density at radius 3 is 1.55 bits per heavy atom. The quantitative estimate of drug-likeness (QED) is 0.0622. The first kappa shape index (κ1) is 43.4. The molecule has 1 amide bonds. The molecule has 17 heteroatoms. The fourth-order valence-electron chi connectivity index (χ4n) is 7.07. The zero-order chi connectivity index (χ0) is 38.3. The molecule has 2 aliphatic carbocycles. The monoisotopic (exact) mass is 749 g/mol. The van der Waals surface area contributed by atoms with Crippen LogP contribution in [-0.4, -0.2) is 81.7 Å². The number of nitrogens with zero attached hydrogens (tertiary/aromatic N) is 4. The normalized spacial score (nSPS) is 16.2. The zero-order valence-corrected chi connectivity index (χ0v) is 31.3. The van der Waals surface area contributed by atoms with Crippen LogP contribution in [0.3, 0.4) is 0 Å². The third kappa shape index (κ3) is 17.6. The topological polar surface area (TPSA) is 241 Å². The number of methoxy groups -OCH3 is 2. The fraction of sp³-hybridized carbons (Fsp3) is 0.778. The van der Waals surface area contributed by atoms with Gasteiger partial charge in [0, 0.05) is 18.3 Å². The Labute approximate surface area is 311 Å². The van der Waals surface area contributed by atoms with Crippen LogP contribution in [0.1, 0.15) is 151 Å². The standard InChI is InChI=1S/C18H30N4O5.C18H29N3O5/c1-26-17(24)12-19-11-15-20-18(27-22-15)14(10-16(23)21-25)9-5-8-13-6-3-2-4-7-13;1-25-17(24)12-19-11-15-20-18(26-21-15)14(10-16(22)23)9-5-8-13-6-3-2-4-7-13/h13-14,19,25H,2-12H2,1H3,(H,21,23);13-14,19H,2-12H2,1H3,(H,22,23)/t2*14-/m11/s1. The van der Waals surface area contributed by atoms with Crippen LogP contribution >= 0.6 is 0 Å². The lowest BCUT2D eigenvalue weighted by atomic mass is 9.84. The summed E-state index contributed by atoms with van der Waals surface area (Å²) >= 11 is 0. The summed E-state index contributed by atoms with van der Waals surface area (Å²) in [4.78, 5) is 53.6. The van der Waals surface area contributed by atoms with E-state index in [2.05, 4.69) is 40.4 Å². The van der Waals surface area contributed by atoms with Gasteiger partial charge in [-0.1, -0.05) is 100 Å². The van der Waals surface area contributed by atoms with E-state index in [1.807, 2.05) is 0 Å². The molecule has 53 heavy (non-hydrogen) atoms. The Kier molecular flexibility index (Phi) is 20.6. The average molecular weight is 750 g/mol. The van der Waals surface area contributed by atoms with Crippen molar-refractivity contribution in [3.8, 4) is 0 Å². The Balaban J connectivity index is 0.000000286. The summed E-state index contributed by atoms with van der Waals surface area (Å²) < 4.78 is 19.7. The van der Waals surface area contributed by atoms with Gasteiger partial charge < -0.3 is 23.6 Å². The van der Waals surface area contributed by atoms with Crippen molar-refractivity contribution in [3.05, 3.63) is 23.4 Å². The van der Waals surface area contributed by atoms with E-state index in [0.717, 1.165) is 50.4 Å². The largest absolute Gasteiger partial charge is 0.481 e. The SMILES string of the molecule is COC(=O)CNCc1noc([C@H](CCCC2CCCCC2)CC(=O)NO)n1.COC(=O)CNCc1noc([C@H](CCCC2CCCCC2)CC(=O)O)n1. The van der Waals surface area contributed by atoms with Crippen molar-refractivity contribution < 1.29 is 48.0 Å². The van der Waals surface area contributed by atoms with E-state index in [0.29, 0.717) is 23.4 Å². The lowest BCUT2D eigenvalue weighted by molar-refractivity contribution is -0.140. The van der Waals surface area contributed by atoms with Crippen molar-refractivity contribution in [2.45, 2.75) is 141 Å². The van der Waals surface area contributed by atoms with E-state index in [1.165, 1.54) is 78.4 Å². The van der Waals surface area contributed by atoms with Gasteiger partial charge in [-0.3, -0.25) is 35.0 Å². The van der Waals surface area contributed by atoms with Crippen LogP contribution in [0.4, 0.5) is 0 Å². The van der Waals surface area contributed by atoms with E-state index in [-0.39, 0.29) is 62.8 Å². The minimum Gasteiger partial charge on any atom is -0.481 e. The molecule has 2 heterocycles. The van der Waals surface area contributed by atoms with Gasteiger partial charge >= 0.3 is 17.9 Å². The molecule has 2 fully saturated rings. The highest BCUT2D eigenvalue weighted by Crippen LogP contribution is 2.32. The number of carbonyl (C=O) groups is 4. The van der Waals surface area contributed by atoms with Crippen LogP contribution < -0.4 is 16.1 Å². The van der Waals surface area contributed by atoms with Crippen molar-refractivity contribution in [1.82, 2.24) is 36.4 Å². The number of aliphatic carboxylic acids is 1. The highest BCUT2D eigenvalue weighted by molar-refractivity contribution is 5.75. The van der Waals surface area contributed by atoms with Crippen LogP contribution in [0.25, 0.3) is 0 Å². The summed E-state index contributed by atoms with van der Waals surface area (Å²) in [6.07, 6.45) is 18.9. The van der Waals surface area contributed by atoms with Crippen LogP contribution in [-0.2, 0) is 41.7 Å². The van der Waals surface area contributed by atoms with Crippen molar-refractivity contribution in [3.63, 3.8) is 0 Å². The van der Waals surface area contributed by atoms with Crippen molar-refractivity contribution in [1.29, 1.82) is 0 Å². The van der Waals surface area contributed by atoms with E-state index in [9.17, 15) is 24.3 Å². The maximum atomic E-state index is 11.6. The first-order valence-corrected chi connectivity index (χ1v) is 19.0. The third-order valence-electron chi connectivity index (χ3n) is 9.98. The van der Waals surface area contributed by atoms with Gasteiger partial charge in [0.25, 0.3) is 0 Å². The highest BCUT2D eigenvalue weighted by atomic mass is 16.5. The summed E-state index contributed by atoms with van der Waals surface area (Å²) in [5.74, 6) is 0.532. The highest BCUT2D eigenvalue weighted by Gasteiger charge is 2.25. The number of hydrogen-bond acceptors (Lipinski definition) is 15. The number of hydroxylamine groups is 1. The van der Waals surface area contributed by atoms with Gasteiger partial charge in [-0.25, -0.2) is 5.48 Å². The first-order valence-electron chi connectivity index (χ1n) is 19.0. The summed E-state index contributed by atoms with van der Waals surface area (Å²) in [5.41, 5.74) is 1.67. The molecule has 5 N–H and O–H groups in total. The molecule has 0 unspecified atom stereocenters. The second-order valence-electron chi connectivity index (χ2n) is 14.1. The number of ether oxygens (including phenoxy) is 2. The maximum absolute atomic E-state index is 11.6. The number of amides is 1. The number of carboxylic acid groups (broad SMARTS) is 1. The molecule has 0 aliphatic heterocycles. The summed E-state index contributed by atoms with van der Waals surface area (Å²) in [5, 5.41) is 31.5. The van der Waals surface area contributed by atoms with Gasteiger partial charge in [0.05, 0.1) is 46.8 Å². The second-order valence-corrected chi connectivity index (χ2v) is 14.1. The molecule has 0 bridgehead atoms. The van der Waals surface area contributed by atoms with Gasteiger partial charge in [0.15, 0.2) is 11.6 Å². The predicted molar refractivity (Wildman–Crippen MR) is 189 cm³/mol. The molecular formula is C36H59N7O10. The molecule has 2 aromatic heterocycles.